The van der Waals surface area contributed by atoms with E-state index in [-0.39, 0.29) is 15.0 Å². The number of H-pyrrole nitrogens is 1. The fraction of sp³-hybridized carbons (Fsp3) is 0.0667. The van der Waals surface area contributed by atoms with E-state index in [1.807, 2.05) is 12.1 Å². The van der Waals surface area contributed by atoms with Gasteiger partial charge in [-0.2, -0.15) is 0 Å². The number of hydrogen-bond donors (Lipinski definition) is 1. The Kier molecular flexibility index (Phi) is 2.99. The Labute approximate surface area is 130 Å². The second kappa shape index (κ2) is 4.85. The number of rotatable bonds is 2. The van der Waals surface area contributed by atoms with Gasteiger partial charge in [0.2, 0.25) is 0 Å². The Morgan fingerprint density at radius 3 is 2.60 bits per heavy atom. The molecule has 100 valence electrons. The molecule has 0 fully saturated rings. The SMILES string of the molecule is Brc1[nH]c2cc3c(cc2c1[Se]c1ccccc1)OCO3. The zero-order valence-electron chi connectivity index (χ0n) is 10.4. The van der Waals surface area contributed by atoms with E-state index in [1.54, 1.807) is 0 Å². The molecule has 0 radical (unpaired) electrons. The average molecular weight is 395 g/mol. The first kappa shape index (κ1) is 12.3. The molecule has 2 aromatic carbocycles. The molecule has 4 rings (SSSR count). The Morgan fingerprint density at radius 2 is 1.80 bits per heavy atom. The van der Waals surface area contributed by atoms with E-state index in [9.17, 15) is 0 Å². The molecule has 0 bridgehead atoms. The summed E-state index contributed by atoms with van der Waals surface area (Å²) in [5.74, 6) is 1.64. The van der Waals surface area contributed by atoms with E-state index in [0.29, 0.717) is 6.79 Å². The van der Waals surface area contributed by atoms with Gasteiger partial charge in [0.1, 0.15) is 0 Å². The van der Waals surface area contributed by atoms with Gasteiger partial charge < -0.3 is 0 Å². The van der Waals surface area contributed by atoms with Gasteiger partial charge in [-0.1, -0.05) is 0 Å². The Balaban J connectivity index is 1.84. The third kappa shape index (κ3) is 2.02. The topological polar surface area (TPSA) is 34.2 Å². The van der Waals surface area contributed by atoms with Gasteiger partial charge in [0.05, 0.1) is 0 Å². The molecule has 0 atom stereocenters. The number of fused-ring (bicyclic) bond motifs is 2. The van der Waals surface area contributed by atoms with E-state index in [2.05, 4.69) is 51.2 Å². The van der Waals surface area contributed by atoms with Crippen molar-refractivity contribution < 1.29 is 9.47 Å². The van der Waals surface area contributed by atoms with Crippen molar-refractivity contribution in [3.05, 3.63) is 47.1 Å². The number of benzene rings is 2. The Bertz CT molecular complexity index is 785. The third-order valence-corrected chi connectivity index (χ3v) is 6.73. The van der Waals surface area contributed by atoms with Crippen LogP contribution in [0.3, 0.4) is 0 Å². The molecule has 0 amide bonds. The number of aromatic nitrogens is 1. The van der Waals surface area contributed by atoms with Crippen LogP contribution >= 0.6 is 15.9 Å². The summed E-state index contributed by atoms with van der Waals surface area (Å²) < 4.78 is 14.6. The molecule has 0 spiro atoms. The molecular formula is C15H10BrNO2Se. The van der Waals surface area contributed by atoms with Crippen LogP contribution in [0.4, 0.5) is 0 Å². The van der Waals surface area contributed by atoms with E-state index in [1.165, 1.54) is 14.3 Å². The van der Waals surface area contributed by atoms with Crippen molar-refractivity contribution in [2.24, 2.45) is 0 Å². The Hall–Kier alpha value is -1.42. The summed E-state index contributed by atoms with van der Waals surface area (Å²) in [6.45, 7) is 0.308. The first-order valence-electron chi connectivity index (χ1n) is 6.15. The second-order valence-electron chi connectivity index (χ2n) is 4.43. The van der Waals surface area contributed by atoms with E-state index in [4.69, 9.17) is 9.47 Å². The molecule has 0 aliphatic carbocycles. The summed E-state index contributed by atoms with van der Waals surface area (Å²) in [5.41, 5.74) is 1.08. The van der Waals surface area contributed by atoms with Crippen molar-refractivity contribution in [3.8, 4) is 11.5 Å². The third-order valence-electron chi connectivity index (χ3n) is 3.16. The fourth-order valence-electron chi connectivity index (χ4n) is 2.23. The summed E-state index contributed by atoms with van der Waals surface area (Å²) in [4.78, 5) is 3.37. The molecule has 1 aliphatic rings. The summed E-state index contributed by atoms with van der Waals surface area (Å²) >= 11 is 3.88. The molecule has 1 N–H and O–H groups in total. The first-order chi connectivity index (χ1) is 9.81. The zero-order valence-corrected chi connectivity index (χ0v) is 13.7. The summed E-state index contributed by atoms with van der Waals surface area (Å²) in [6.07, 6.45) is 0. The van der Waals surface area contributed by atoms with Crippen LogP contribution in [0.2, 0.25) is 0 Å². The fourth-order valence-corrected chi connectivity index (χ4v) is 5.07. The van der Waals surface area contributed by atoms with Crippen molar-refractivity contribution in [2.45, 2.75) is 0 Å². The molecule has 5 heteroatoms. The van der Waals surface area contributed by atoms with Gasteiger partial charge >= 0.3 is 131 Å². The quantitative estimate of drug-likeness (QED) is 0.677. The molecular weight excluding hydrogens is 385 g/mol. The van der Waals surface area contributed by atoms with Crippen molar-refractivity contribution in [1.29, 1.82) is 0 Å². The van der Waals surface area contributed by atoms with Gasteiger partial charge in [0.25, 0.3) is 0 Å². The van der Waals surface area contributed by atoms with Crippen LogP contribution in [0.5, 0.6) is 11.5 Å². The van der Waals surface area contributed by atoms with Crippen molar-refractivity contribution in [2.75, 3.05) is 6.79 Å². The van der Waals surface area contributed by atoms with Crippen molar-refractivity contribution >= 4 is 50.7 Å². The number of hydrogen-bond acceptors (Lipinski definition) is 2. The van der Waals surface area contributed by atoms with Crippen molar-refractivity contribution in [1.82, 2.24) is 4.98 Å². The molecule has 3 aromatic rings. The summed E-state index contributed by atoms with van der Waals surface area (Å²) in [5, 5.41) is 1.20. The standard InChI is InChI=1S/C15H10BrNO2Se/c16-15-14(20-9-4-2-1-3-5-9)10-6-12-13(19-8-18-12)7-11(10)17-15/h1-7,17H,8H2. The van der Waals surface area contributed by atoms with Gasteiger partial charge in [0, 0.05) is 0 Å². The molecule has 3 nitrogen and oxygen atoms in total. The minimum atomic E-state index is 0.242. The van der Waals surface area contributed by atoms with Gasteiger partial charge in [-0.05, 0) is 0 Å². The average Bonchev–Trinajstić information content (AvgIpc) is 3.03. The van der Waals surface area contributed by atoms with Crippen molar-refractivity contribution in [3.63, 3.8) is 0 Å². The number of nitrogens with one attached hydrogen (secondary N) is 1. The van der Waals surface area contributed by atoms with E-state index < -0.39 is 0 Å². The first-order valence-corrected chi connectivity index (χ1v) is 8.65. The van der Waals surface area contributed by atoms with Crippen LogP contribution in [-0.4, -0.2) is 26.7 Å². The predicted octanol–water partition coefficient (Wildman–Crippen LogP) is 2.31. The van der Waals surface area contributed by atoms with E-state index in [0.717, 1.165) is 21.6 Å². The van der Waals surface area contributed by atoms with Crippen LogP contribution in [0.25, 0.3) is 10.9 Å². The second-order valence-corrected chi connectivity index (χ2v) is 7.50. The van der Waals surface area contributed by atoms with E-state index >= 15 is 0 Å². The van der Waals surface area contributed by atoms with Gasteiger partial charge in [-0.25, -0.2) is 0 Å². The van der Waals surface area contributed by atoms with Crippen LogP contribution in [-0.2, 0) is 0 Å². The number of aromatic amines is 1. The van der Waals surface area contributed by atoms with Gasteiger partial charge in [-0.3, -0.25) is 0 Å². The maximum atomic E-state index is 5.48. The minimum absolute atomic E-state index is 0.242. The molecule has 0 unspecified atom stereocenters. The Morgan fingerprint density at radius 1 is 1.05 bits per heavy atom. The van der Waals surface area contributed by atoms with Crippen LogP contribution in [0.1, 0.15) is 0 Å². The summed E-state index contributed by atoms with van der Waals surface area (Å²) in [7, 11) is 0. The number of ether oxygens (including phenoxy) is 2. The summed E-state index contributed by atoms with van der Waals surface area (Å²) in [6, 6.07) is 14.6. The normalized spacial score (nSPS) is 13.1. The predicted molar refractivity (Wildman–Crippen MR) is 83.6 cm³/mol. The van der Waals surface area contributed by atoms with Gasteiger partial charge in [0.15, 0.2) is 0 Å². The number of halogens is 1. The molecule has 2 heterocycles. The molecule has 1 aromatic heterocycles. The molecule has 1 aliphatic heterocycles. The molecule has 0 saturated heterocycles. The molecule has 20 heavy (non-hydrogen) atoms. The molecule has 0 saturated carbocycles. The van der Waals surface area contributed by atoms with Crippen LogP contribution in [0, 0.1) is 0 Å². The monoisotopic (exact) mass is 395 g/mol. The van der Waals surface area contributed by atoms with Gasteiger partial charge in [-0.15, -0.1) is 0 Å². The van der Waals surface area contributed by atoms with Crippen LogP contribution in [0.15, 0.2) is 47.1 Å². The maximum absolute atomic E-state index is 5.48. The zero-order chi connectivity index (χ0) is 13.5. The van der Waals surface area contributed by atoms with Crippen LogP contribution < -0.4 is 18.4 Å².